The Morgan fingerprint density at radius 1 is 1.14 bits per heavy atom. The molecule has 3 atom stereocenters. The number of carbonyl (C=O) groups excluding carboxylic acids is 2. The number of carbonyl (C=O) groups is 2. The fraction of sp³-hybridized carbons (Fsp3) is 0.353. The van der Waals surface area contributed by atoms with E-state index in [2.05, 4.69) is 5.32 Å². The molecule has 0 aliphatic carbocycles. The number of fused-ring (bicyclic) bond motifs is 5. The molecule has 0 spiro atoms. The van der Waals surface area contributed by atoms with Crippen molar-refractivity contribution in [1.82, 2.24) is 14.4 Å². The molecule has 226 valence electrons. The molecule has 1 aliphatic heterocycles. The third kappa shape index (κ3) is 6.09. The summed E-state index contributed by atoms with van der Waals surface area (Å²) in [5.41, 5.74) is 4.90. The topological polar surface area (TPSA) is 96.3 Å². The molecule has 1 aliphatic rings. The lowest BCUT2D eigenvalue weighted by Crippen LogP contribution is -2.48. The Morgan fingerprint density at radius 2 is 1.88 bits per heavy atom. The summed E-state index contributed by atoms with van der Waals surface area (Å²) in [6.45, 7) is 4.64. The van der Waals surface area contributed by atoms with Gasteiger partial charge in [-0.15, -0.1) is 0 Å². The first-order chi connectivity index (χ1) is 20.7. The molecule has 9 heteroatoms. The maximum absolute atomic E-state index is 14.5. The Balaban J connectivity index is 1.52. The standard InChI is InChI=1S/C34H40N4O5/c1-22-18-38(23(2)20-39)33(40)32-31(28-15-8-9-16-29(28)37(32)4)27-14-7-6-11-24(27)21-43-30(22)19-36(3)34(41)35-25-12-10-13-26(17-25)42-5/h6-17,22-23,30,39H,18-21H2,1-5H3,(H,35,41)/t22-,23+,30+/m0/s1. The van der Waals surface area contributed by atoms with Crippen LogP contribution >= 0.6 is 0 Å². The van der Waals surface area contributed by atoms with E-state index in [1.54, 1.807) is 36.1 Å². The number of likely N-dealkylation sites (N-methyl/N-ethyl adjacent to an activating group) is 1. The van der Waals surface area contributed by atoms with Crippen molar-refractivity contribution >= 4 is 28.5 Å². The number of hydrogen-bond acceptors (Lipinski definition) is 5. The molecular formula is C34H40N4O5. The number of methoxy groups -OCH3 is 1. The van der Waals surface area contributed by atoms with E-state index in [-0.39, 0.29) is 24.5 Å². The summed E-state index contributed by atoms with van der Waals surface area (Å²) in [5, 5.41) is 14.1. The van der Waals surface area contributed by atoms with Gasteiger partial charge in [0.05, 0.1) is 32.5 Å². The predicted octanol–water partition coefficient (Wildman–Crippen LogP) is 5.38. The van der Waals surface area contributed by atoms with Crippen LogP contribution in [0.5, 0.6) is 5.75 Å². The number of amides is 3. The second kappa shape index (κ2) is 12.9. The first-order valence-corrected chi connectivity index (χ1v) is 14.6. The lowest BCUT2D eigenvalue weighted by atomic mass is 9.96. The van der Waals surface area contributed by atoms with Crippen LogP contribution in [-0.2, 0) is 18.4 Å². The van der Waals surface area contributed by atoms with Gasteiger partial charge in [-0.1, -0.05) is 55.5 Å². The predicted molar refractivity (Wildman–Crippen MR) is 168 cm³/mol. The molecular weight excluding hydrogens is 544 g/mol. The molecule has 0 fully saturated rings. The molecule has 43 heavy (non-hydrogen) atoms. The molecule has 0 radical (unpaired) electrons. The van der Waals surface area contributed by atoms with Crippen LogP contribution in [0.3, 0.4) is 0 Å². The smallest absolute Gasteiger partial charge is 0.321 e. The van der Waals surface area contributed by atoms with Crippen molar-refractivity contribution < 1.29 is 24.2 Å². The van der Waals surface area contributed by atoms with Gasteiger partial charge in [0.1, 0.15) is 11.4 Å². The monoisotopic (exact) mass is 584 g/mol. The number of aliphatic hydroxyl groups is 1. The van der Waals surface area contributed by atoms with Gasteiger partial charge in [-0.3, -0.25) is 4.79 Å². The van der Waals surface area contributed by atoms with Gasteiger partial charge < -0.3 is 34.3 Å². The Bertz CT molecular complexity index is 1620. The molecule has 0 saturated heterocycles. The molecule has 0 unspecified atom stereocenters. The van der Waals surface area contributed by atoms with Gasteiger partial charge in [-0.25, -0.2) is 4.79 Å². The maximum Gasteiger partial charge on any atom is 0.321 e. The van der Waals surface area contributed by atoms with Crippen LogP contribution in [0.15, 0.2) is 72.8 Å². The zero-order chi connectivity index (χ0) is 30.7. The molecule has 4 aromatic rings. The largest absolute Gasteiger partial charge is 0.497 e. The van der Waals surface area contributed by atoms with E-state index in [4.69, 9.17) is 9.47 Å². The molecule has 9 nitrogen and oxygen atoms in total. The molecule has 3 aromatic carbocycles. The first kappa shape index (κ1) is 30.1. The average Bonchev–Trinajstić information content (AvgIpc) is 3.32. The minimum atomic E-state index is -0.424. The van der Waals surface area contributed by atoms with Crippen molar-refractivity contribution in [3.63, 3.8) is 0 Å². The summed E-state index contributed by atoms with van der Waals surface area (Å²) in [7, 11) is 5.23. The van der Waals surface area contributed by atoms with Crippen molar-refractivity contribution in [2.24, 2.45) is 13.0 Å². The highest BCUT2D eigenvalue weighted by Gasteiger charge is 2.34. The summed E-state index contributed by atoms with van der Waals surface area (Å²) < 4.78 is 13.8. The summed E-state index contributed by atoms with van der Waals surface area (Å²) >= 11 is 0. The van der Waals surface area contributed by atoms with E-state index in [9.17, 15) is 14.7 Å². The highest BCUT2D eigenvalue weighted by Crippen LogP contribution is 2.38. The summed E-state index contributed by atoms with van der Waals surface area (Å²) in [5.74, 6) is 0.339. The number of hydrogen-bond donors (Lipinski definition) is 2. The molecule has 3 amide bonds. The van der Waals surface area contributed by atoms with Crippen LogP contribution in [0.4, 0.5) is 10.5 Å². The van der Waals surface area contributed by atoms with Crippen LogP contribution in [0, 0.1) is 5.92 Å². The van der Waals surface area contributed by atoms with Gasteiger partial charge in [-0.2, -0.15) is 0 Å². The highest BCUT2D eigenvalue weighted by molar-refractivity contribution is 6.10. The third-order valence-corrected chi connectivity index (χ3v) is 8.35. The summed E-state index contributed by atoms with van der Waals surface area (Å²) in [4.78, 5) is 31.0. The van der Waals surface area contributed by atoms with Crippen molar-refractivity contribution in [2.75, 3.05) is 39.2 Å². The van der Waals surface area contributed by atoms with Gasteiger partial charge in [0.15, 0.2) is 0 Å². The van der Waals surface area contributed by atoms with Crippen molar-refractivity contribution in [3.05, 3.63) is 84.1 Å². The molecule has 2 N–H and O–H groups in total. The van der Waals surface area contributed by atoms with Crippen LogP contribution in [0.2, 0.25) is 0 Å². The zero-order valence-corrected chi connectivity index (χ0v) is 25.4. The number of urea groups is 1. The fourth-order valence-electron chi connectivity index (χ4n) is 5.80. The van der Waals surface area contributed by atoms with Crippen LogP contribution in [0.25, 0.3) is 22.0 Å². The number of benzene rings is 3. The third-order valence-electron chi connectivity index (χ3n) is 8.35. The van der Waals surface area contributed by atoms with Crippen molar-refractivity contribution in [3.8, 4) is 16.9 Å². The number of rotatable bonds is 6. The van der Waals surface area contributed by atoms with Crippen LogP contribution in [-0.4, -0.2) is 77.4 Å². The normalized spacial score (nSPS) is 17.9. The highest BCUT2D eigenvalue weighted by atomic mass is 16.5. The van der Waals surface area contributed by atoms with E-state index in [0.717, 1.165) is 27.6 Å². The summed E-state index contributed by atoms with van der Waals surface area (Å²) in [6.07, 6.45) is -0.395. The lowest BCUT2D eigenvalue weighted by molar-refractivity contribution is -0.0179. The van der Waals surface area contributed by atoms with Gasteiger partial charge in [0.2, 0.25) is 0 Å². The first-order valence-electron chi connectivity index (χ1n) is 14.6. The number of nitrogens with one attached hydrogen (secondary N) is 1. The fourth-order valence-corrected chi connectivity index (χ4v) is 5.80. The van der Waals surface area contributed by atoms with E-state index >= 15 is 0 Å². The average molecular weight is 585 g/mol. The Hall–Kier alpha value is -4.34. The number of aliphatic hydroxyl groups excluding tert-OH is 1. The van der Waals surface area contributed by atoms with E-state index in [1.165, 1.54) is 0 Å². The minimum absolute atomic E-state index is 0.151. The maximum atomic E-state index is 14.5. The Labute approximate surface area is 252 Å². The molecule has 2 heterocycles. The van der Waals surface area contributed by atoms with Gasteiger partial charge in [0.25, 0.3) is 5.91 Å². The number of ether oxygens (including phenoxy) is 2. The second-order valence-electron chi connectivity index (χ2n) is 11.3. The van der Waals surface area contributed by atoms with E-state index in [1.807, 2.05) is 86.1 Å². The van der Waals surface area contributed by atoms with Gasteiger partial charge in [-0.05, 0) is 36.2 Å². The molecule has 5 rings (SSSR count). The number of anilines is 1. The SMILES string of the molecule is COc1cccc(NC(=O)N(C)C[C@H]2OCc3ccccc3-c3c(n(C)c4ccccc34)C(=O)N([C@H](C)CO)C[C@@H]2C)c1. The van der Waals surface area contributed by atoms with E-state index < -0.39 is 12.1 Å². The quantitative estimate of drug-likeness (QED) is 0.318. The number of aryl methyl sites for hydroxylation is 1. The minimum Gasteiger partial charge on any atom is -0.497 e. The second-order valence-corrected chi connectivity index (χ2v) is 11.3. The van der Waals surface area contributed by atoms with Crippen LogP contribution < -0.4 is 10.1 Å². The molecule has 1 aromatic heterocycles. The number of aromatic nitrogens is 1. The van der Waals surface area contributed by atoms with Crippen molar-refractivity contribution in [2.45, 2.75) is 32.6 Å². The molecule has 0 bridgehead atoms. The molecule has 0 saturated carbocycles. The lowest BCUT2D eigenvalue weighted by Gasteiger charge is -2.35. The Kier molecular flexibility index (Phi) is 9.03. The van der Waals surface area contributed by atoms with Gasteiger partial charge in [0, 0.05) is 61.3 Å². The number of nitrogens with zero attached hydrogens (tertiary/aromatic N) is 3. The Morgan fingerprint density at radius 3 is 2.65 bits per heavy atom. The zero-order valence-electron chi connectivity index (χ0n) is 25.4. The van der Waals surface area contributed by atoms with E-state index in [0.29, 0.717) is 36.8 Å². The van der Waals surface area contributed by atoms with Crippen LogP contribution in [0.1, 0.15) is 29.9 Å². The van der Waals surface area contributed by atoms with Gasteiger partial charge >= 0.3 is 6.03 Å². The van der Waals surface area contributed by atoms with Crippen molar-refractivity contribution in [1.29, 1.82) is 0 Å². The number of para-hydroxylation sites is 1. The summed E-state index contributed by atoms with van der Waals surface area (Å²) in [6, 6.07) is 22.5.